The summed E-state index contributed by atoms with van der Waals surface area (Å²) in [6.45, 7) is 1.86. The van der Waals surface area contributed by atoms with Crippen molar-refractivity contribution in [1.82, 2.24) is 14.8 Å². The largest absolute Gasteiger partial charge is 0.472 e. The van der Waals surface area contributed by atoms with Crippen molar-refractivity contribution in [2.45, 2.75) is 25.4 Å². The summed E-state index contributed by atoms with van der Waals surface area (Å²) in [6, 6.07) is 21.9. The van der Waals surface area contributed by atoms with Gasteiger partial charge in [0.05, 0.1) is 11.8 Å². The molecule has 2 aromatic heterocycles. The fraction of sp³-hybridized carbons (Fsp3) is 0.231. The Morgan fingerprint density at radius 3 is 2.47 bits per heavy atom. The summed E-state index contributed by atoms with van der Waals surface area (Å²) >= 11 is 0. The maximum atomic E-state index is 13.3. The van der Waals surface area contributed by atoms with E-state index in [1.165, 1.54) is 12.5 Å². The van der Waals surface area contributed by atoms with Gasteiger partial charge in [0, 0.05) is 36.6 Å². The van der Waals surface area contributed by atoms with Gasteiger partial charge in [-0.05, 0) is 36.6 Å². The first-order valence-electron chi connectivity index (χ1n) is 10.9. The number of benzene rings is 2. The van der Waals surface area contributed by atoms with Crippen LogP contribution in [-0.2, 0) is 6.54 Å². The average molecular weight is 428 g/mol. The van der Waals surface area contributed by atoms with Gasteiger partial charge < -0.3 is 19.2 Å². The normalized spacial score (nSPS) is 14.6. The van der Waals surface area contributed by atoms with Crippen molar-refractivity contribution in [2.75, 3.05) is 13.1 Å². The molecule has 1 fully saturated rings. The highest BCUT2D eigenvalue weighted by Gasteiger charge is 2.26. The topological polar surface area (TPSA) is 67.5 Å². The molecule has 1 N–H and O–H groups in total. The smallest absolute Gasteiger partial charge is 0.268 e. The molecule has 3 heterocycles. The van der Waals surface area contributed by atoms with Crippen molar-refractivity contribution in [3.05, 3.63) is 96.1 Å². The molecule has 2 aromatic carbocycles. The highest BCUT2D eigenvalue weighted by molar-refractivity contribution is 5.99. The second kappa shape index (κ2) is 8.75. The van der Waals surface area contributed by atoms with Crippen LogP contribution in [0.5, 0.6) is 0 Å². The minimum Gasteiger partial charge on any atom is -0.472 e. The molecule has 0 unspecified atom stereocenters. The molecule has 5 rings (SSSR count). The minimum absolute atomic E-state index is 0.0217. The lowest BCUT2D eigenvalue weighted by atomic mass is 10.0. The number of amides is 2. The predicted molar refractivity (Wildman–Crippen MR) is 123 cm³/mol. The Balaban J connectivity index is 1.30. The summed E-state index contributed by atoms with van der Waals surface area (Å²) in [6.07, 6.45) is 4.44. The lowest BCUT2D eigenvalue weighted by Gasteiger charge is -2.32. The second-order valence-electron chi connectivity index (χ2n) is 8.21. The van der Waals surface area contributed by atoms with Crippen LogP contribution in [0.1, 0.15) is 39.3 Å². The summed E-state index contributed by atoms with van der Waals surface area (Å²) in [7, 11) is 0. The number of likely N-dealkylation sites (tertiary alicyclic amines) is 1. The number of hydrogen-bond donors (Lipinski definition) is 1. The number of fused-ring (bicyclic) bond motifs is 1. The predicted octanol–water partition coefficient (Wildman–Crippen LogP) is 4.32. The van der Waals surface area contributed by atoms with Crippen molar-refractivity contribution in [1.29, 1.82) is 0 Å². The maximum absolute atomic E-state index is 13.3. The number of aromatic nitrogens is 1. The highest BCUT2D eigenvalue weighted by atomic mass is 16.3. The van der Waals surface area contributed by atoms with Crippen LogP contribution in [0.15, 0.2) is 83.7 Å². The molecule has 0 spiro atoms. The molecule has 4 aromatic rings. The molecule has 2 amide bonds. The van der Waals surface area contributed by atoms with Gasteiger partial charge in [0.25, 0.3) is 11.8 Å². The lowest BCUT2D eigenvalue weighted by Crippen LogP contribution is -2.46. The maximum Gasteiger partial charge on any atom is 0.268 e. The molecular weight excluding hydrogens is 402 g/mol. The van der Waals surface area contributed by atoms with E-state index in [4.69, 9.17) is 4.42 Å². The third kappa shape index (κ3) is 4.04. The Bertz CT molecular complexity index is 1220. The van der Waals surface area contributed by atoms with Gasteiger partial charge in [0.2, 0.25) is 0 Å². The first kappa shape index (κ1) is 20.1. The fourth-order valence-electron chi connectivity index (χ4n) is 4.39. The van der Waals surface area contributed by atoms with Crippen LogP contribution in [0.3, 0.4) is 0 Å². The van der Waals surface area contributed by atoms with Gasteiger partial charge in [-0.2, -0.15) is 0 Å². The average Bonchev–Trinajstić information content (AvgIpc) is 3.49. The van der Waals surface area contributed by atoms with E-state index in [2.05, 4.69) is 28.1 Å². The molecule has 6 nitrogen and oxygen atoms in total. The Hall–Kier alpha value is -3.80. The number of para-hydroxylation sites is 1. The van der Waals surface area contributed by atoms with E-state index in [0.29, 0.717) is 30.9 Å². The van der Waals surface area contributed by atoms with Crippen LogP contribution >= 0.6 is 0 Å². The Morgan fingerprint density at radius 2 is 1.72 bits per heavy atom. The second-order valence-corrected chi connectivity index (χ2v) is 8.21. The first-order chi connectivity index (χ1) is 15.7. The van der Waals surface area contributed by atoms with E-state index in [0.717, 1.165) is 29.3 Å². The molecule has 0 atom stereocenters. The van der Waals surface area contributed by atoms with Crippen molar-refractivity contribution in [2.24, 2.45) is 0 Å². The standard InChI is InChI=1S/C26H25N3O3/c30-25(27-22-10-13-28(14-11-22)26(31)21-12-15-32-18-21)24-16-20-8-4-5-9-23(20)29(24)17-19-6-2-1-3-7-19/h1-9,12,15-16,18,22H,10-11,13-14,17H2,(H,27,30). The van der Waals surface area contributed by atoms with Crippen LogP contribution in [-0.4, -0.2) is 40.4 Å². The molecule has 6 heteroatoms. The summed E-state index contributed by atoms with van der Waals surface area (Å²) in [5.74, 6) is -0.0942. The molecule has 1 aliphatic rings. The summed E-state index contributed by atoms with van der Waals surface area (Å²) in [5.41, 5.74) is 3.42. The zero-order valence-electron chi connectivity index (χ0n) is 17.7. The molecule has 1 aliphatic heterocycles. The van der Waals surface area contributed by atoms with Crippen LogP contribution in [0.25, 0.3) is 10.9 Å². The van der Waals surface area contributed by atoms with Gasteiger partial charge in [0.1, 0.15) is 12.0 Å². The zero-order chi connectivity index (χ0) is 21.9. The van der Waals surface area contributed by atoms with Crippen molar-refractivity contribution in [3.63, 3.8) is 0 Å². The quantitative estimate of drug-likeness (QED) is 0.516. The van der Waals surface area contributed by atoms with E-state index in [1.54, 1.807) is 6.07 Å². The number of hydrogen-bond acceptors (Lipinski definition) is 3. The molecule has 0 aliphatic carbocycles. The molecule has 0 radical (unpaired) electrons. The van der Waals surface area contributed by atoms with Crippen LogP contribution in [0.2, 0.25) is 0 Å². The van der Waals surface area contributed by atoms with E-state index in [-0.39, 0.29) is 17.9 Å². The van der Waals surface area contributed by atoms with Gasteiger partial charge in [-0.25, -0.2) is 0 Å². The number of nitrogens with zero attached hydrogens (tertiary/aromatic N) is 2. The van der Waals surface area contributed by atoms with Crippen molar-refractivity contribution < 1.29 is 14.0 Å². The number of carbonyl (C=O) groups is 2. The number of piperidine rings is 1. The number of nitrogens with one attached hydrogen (secondary N) is 1. The summed E-state index contributed by atoms with van der Waals surface area (Å²) in [5, 5.41) is 4.25. The summed E-state index contributed by atoms with van der Waals surface area (Å²) in [4.78, 5) is 27.6. The van der Waals surface area contributed by atoms with Crippen LogP contribution < -0.4 is 5.32 Å². The van der Waals surface area contributed by atoms with Gasteiger partial charge in [-0.15, -0.1) is 0 Å². The number of carbonyl (C=O) groups excluding carboxylic acids is 2. The minimum atomic E-state index is -0.0725. The fourth-order valence-corrected chi connectivity index (χ4v) is 4.39. The monoisotopic (exact) mass is 427 g/mol. The Labute approximate surface area is 186 Å². The lowest BCUT2D eigenvalue weighted by molar-refractivity contribution is 0.0697. The molecule has 0 saturated carbocycles. The SMILES string of the molecule is O=C(NC1CCN(C(=O)c2ccoc2)CC1)c1cc2ccccc2n1Cc1ccccc1. The Morgan fingerprint density at radius 1 is 0.969 bits per heavy atom. The van der Waals surface area contributed by atoms with Crippen molar-refractivity contribution >= 4 is 22.7 Å². The highest BCUT2D eigenvalue weighted by Crippen LogP contribution is 2.22. The van der Waals surface area contributed by atoms with Gasteiger partial charge >= 0.3 is 0 Å². The number of furan rings is 1. The Kier molecular flexibility index (Phi) is 5.50. The van der Waals surface area contributed by atoms with Crippen LogP contribution in [0, 0.1) is 0 Å². The third-order valence-corrected chi connectivity index (χ3v) is 6.11. The van der Waals surface area contributed by atoms with Gasteiger partial charge in [-0.1, -0.05) is 48.5 Å². The van der Waals surface area contributed by atoms with Crippen LogP contribution in [0.4, 0.5) is 0 Å². The van der Waals surface area contributed by atoms with E-state index < -0.39 is 0 Å². The molecule has 32 heavy (non-hydrogen) atoms. The molecule has 1 saturated heterocycles. The van der Waals surface area contributed by atoms with Gasteiger partial charge in [-0.3, -0.25) is 9.59 Å². The number of rotatable bonds is 5. The van der Waals surface area contributed by atoms with Crippen molar-refractivity contribution in [3.8, 4) is 0 Å². The van der Waals surface area contributed by atoms with E-state index in [9.17, 15) is 9.59 Å². The zero-order valence-corrected chi connectivity index (χ0v) is 17.7. The van der Waals surface area contributed by atoms with Gasteiger partial charge in [0.15, 0.2) is 0 Å². The first-order valence-corrected chi connectivity index (χ1v) is 10.9. The summed E-state index contributed by atoms with van der Waals surface area (Å²) < 4.78 is 7.10. The molecule has 0 bridgehead atoms. The molecule has 162 valence electrons. The van der Waals surface area contributed by atoms with E-state index >= 15 is 0 Å². The van der Waals surface area contributed by atoms with E-state index in [1.807, 2.05) is 47.4 Å². The molecular formula is C26H25N3O3. The third-order valence-electron chi connectivity index (χ3n) is 6.11.